The third-order valence-electron chi connectivity index (χ3n) is 2.39. The van der Waals surface area contributed by atoms with Gasteiger partial charge in [0, 0.05) is 5.69 Å². The van der Waals surface area contributed by atoms with Crippen LogP contribution >= 0.6 is 0 Å². The highest BCUT2D eigenvalue weighted by molar-refractivity contribution is 7.92. The molecule has 0 aliphatic carbocycles. The summed E-state index contributed by atoms with van der Waals surface area (Å²) in [6.07, 6.45) is 0.584. The van der Waals surface area contributed by atoms with E-state index >= 15 is 0 Å². The second kappa shape index (κ2) is 5.40. The molecule has 0 fully saturated rings. The number of nitrogens with zero attached hydrogens (tertiary/aromatic N) is 1. The van der Waals surface area contributed by atoms with Gasteiger partial charge >= 0.3 is 0 Å². The van der Waals surface area contributed by atoms with E-state index in [4.69, 9.17) is 5.26 Å². The van der Waals surface area contributed by atoms with Gasteiger partial charge in [0.25, 0.3) is 0 Å². The quantitative estimate of drug-likeness (QED) is 0.911. The lowest BCUT2D eigenvalue weighted by Gasteiger charge is -2.18. The number of hydrogen-bond donors (Lipinski definition) is 1. The summed E-state index contributed by atoms with van der Waals surface area (Å²) in [4.78, 5) is 0. The van der Waals surface area contributed by atoms with E-state index in [9.17, 15) is 8.42 Å². The number of sulfonamides is 1. The van der Waals surface area contributed by atoms with Crippen molar-refractivity contribution in [3.63, 3.8) is 0 Å². The molecule has 5 heteroatoms. The van der Waals surface area contributed by atoms with Crippen molar-refractivity contribution in [2.24, 2.45) is 5.41 Å². The van der Waals surface area contributed by atoms with Crippen molar-refractivity contribution in [1.82, 2.24) is 0 Å². The van der Waals surface area contributed by atoms with Gasteiger partial charge in [0.15, 0.2) is 0 Å². The zero-order chi connectivity index (χ0) is 13.8. The minimum Gasteiger partial charge on any atom is -0.284 e. The number of benzene rings is 1. The van der Waals surface area contributed by atoms with Crippen molar-refractivity contribution in [2.75, 3.05) is 10.5 Å². The van der Waals surface area contributed by atoms with Gasteiger partial charge in [-0.15, -0.1) is 0 Å². The Morgan fingerprint density at radius 2 is 2.00 bits per heavy atom. The molecule has 1 aromatic carbocycles. The smallest absolute Gasteiger partial charge is 0.232 e. The third kappa shape index (κ3) is 5.19. The second-order valence-electron chi connectivity index (χ2n) is 5.42. The molecule has 1 rings (SSSR count). The van der Waals surface area contributed by atoms with E-state index in [2.05, 4.69) is 4.72 Å². The van der Waals surface area contributed by atoms with Crippen molar-refractivity contribution in [1.29, 1.82) is 5.26 Å². The molecular formula is C13H18N2O2S. The lowest BCUT2D eigenvalue weighted by Crippen LogP contribution is -2.20. The van der Waals surface area contributed by atoms with Gasteiger partial charge in [0.05, 0.1) is 17.4 Å². The lowest BCUT2D eigenvalue weighted by atomic mass is 9.94. The molecule has 1 aromatic rings. The predicted molar refractivity (Wildman–Crippen MR) is 72.6 cm³/mol. The fourth-order valence-corrected chi connectivity index (χ4v) is 2.79. The highest BCUT2D eigenvalue weighted by atomic mass is 32.2. The minimum absolute atomic E-state index is 0.0246. The van der Waals surface area contributed by atoms with Gasteiger partial charge in [-0.05, 0) is 30.0 Å². The second-order valence-corrected chi connectivity index (χ2v) is 7.27. The summed E-state index contributed by atoms with van der Waals surface area (Å²) in [7, 11) is -3.35. The van der Waals surface area contributed by atoms with Crippen molar-refractivity contribution < 1.29 is 8.42 Å². The first kappa shape index (κ1) is 14.5. The van der Waals surface area contributed by atoms with Gasteiger partial charge in [-0.25, -0.2) is 8.42 Å². The number of nitriles is 1. The summed E-state index contributed by atoms with van der Waals surface area (Å²) in [5, 5.41) is 8.74. The summed E-state index contributed by atoms with van der Waals surface area (Å²) >= 11 is 0. The topological polar surface area (TPSA) is 70.0 Å². The SMILES string of the molecule is CC(C)(C)CCS(=O)(=O)Nc1cccc(C#N)c1. The molecule has 4 nitrogen and oxygen atoms in total. The van der Waals surface area contributed by atoms with Crippen molar-refractivity contribution in [3.8, 4) is 6.07 Å². The van der Waals surface area contributed by atoms with Crippen molar-refractivity contribution in [3.05, 3.63) is 29.8 Å². The van der Waals surface area contributed by atoms with E-state index in [0.29, 0.717) is 17.7 Å². The van der Waals surface area contributed by atoms with E-state index in [1.165, 1.54) is 6.07 Å². The number of nitrogens with one attached hydrogen (secondary N) is 1. The summed E-state index contributed by atoms with van der Waals surface area (Å²) in [5.74, 6) is 0.0767. The van der Waals surface area contributed by atoms with Crippen LogP contribution in [0.25, 0.3) is 0 Å². The normalized spacial score (nSPS) is 11.9. The fraction of sp³-hybridized carbons (Fsp3) is 0.462. The van der Waals surface area contributed by atoms with Crippen LogP contribution in [0.5, 0.6) is 0 Å². The third-order valence-corrected chi connectivity index (χ3v) is 3.67. The minimum atomic E-state index is -3.35. The standard InChI is InChI=1S/C13H18N2O2S/c1-13(2,3)7-8-18(16,17)15-12-6-4-5-11(9-12)10-14/h4-6,9,15H,7-8H2,1-3H3. The Morgan fingerprint density at radius 1 is 1.33 bits per heavy atom. The summed E-state index contributed by atoms with van der Waals surface area (Å²) in [6.45, 7) is 6.00. The predicted octanol–water partition coefficient (Wildman–Crippen LogP) is 2.74. The van der Waals surface area contributed by atoms with Crippen molar-refractivity contribution in [2.45, 2.75) is 27.2 Å². The van der Waals surface area contributed by atoms with Gasteiger partial charge in [0.2, 0.25) is 10.0 Å². The van der Waals surface area contributed by atoms with E-state index in [-0.39, 0.29) is 11.2 Å². The molecule has 0 heterocycles. The molecule has 0 aliphatic rings. The number of hydrogen-bond acceptors (Lipinski definition) is 3. The van der Waals surface area contributed by atoms with Crippen LogP contribution < -0.4 is 4.72 Å². The molecule has 18 heavy (non-hydrogen) atoms. The van der Waals surface area contributed by atoms with Crippen LogP contribution in [0.15, 0.2) is 24.3 Å². The highest BCUT2D eigenvalue weighted by Crippen LogP contribution is 2.20. The van der Waals surface area contributed by atoms with Crippen LogP contribution in [0.2, 0.25) is 0 Å². The van der Waals surface area contributed by atoms with Crippen LogP contribution in [-0.4, -0.2) is 14.2 Å². The molecule has 0 unspecified atom stereocenters. The summed E-state index contributed by atoms with van der Waals surface area (Å²) in [6, 6.07) is 8.42. The summed E-state index contributed by atoms with van der Waals surface area (Å²) < 4.78 is 26.2. The fourth-order valence-electron chi connectivity index (χ4n) is 1.32. The van der Waals surface area contributed by atoms with Crippen LogP contribution in [0.3, 0.4) is 0 Å². The van der Waals surface area contributed by atoms with E-state index in [1.807, 2.05) is 26.8 Å². The van der Waals surface area contributed by atoms with Gasteiger partial charge in [-0.1, -0.05) is 26.8 Å². The van der Waals surface area contributed by atoms with E-state index < -0.39 is 10.0 Å². The first-order chi connectivity index (χ1) is 8.22. The van der Waals surface area contributed by atoms with Crippen LogP contribution in [0.4, 0.5) is 5.69 Å². The van der Waals surface area contributed by atoms with E-state index in [1.54, 1.807) is 18.2 Å². The Bertz CT molecular complexity index is 551. The molecule has 0 bridgehead atoms. The first-order valence-corrected chi connectivity index (χ1v) is 7.38. The Hall–Kier alpha value is -1.54. The van der Waals surface area contributed by atoms with E-state index in [0.717, 1.165) is 0 Å². The molecule has 0 aromatic heterocycles. The first-order valence-electron chi connectivity index (χ1n) is 5.72. The van der Waals surface area contributed by atoms with Crippen molar-refractivity contribution >= 4 is 15.7 Å². The maximum atomic E-state index is 11.9. The monoisotopic (exact) mass is 266 g/mol. The zero-order valence-corrected chi connectivity index (χ0v) is 11.7. The molecule has 0 saturated carbocycles. The summed E-state index contributed by atoms with van der Waals surface area (Å²) in [5.41, 5.74) is 0.845. The van der Waals surface area contributed by atoms with Crippen LogP contribution in [0, 0.1) is 16.7 Å². The molecule has 0 radical (unpaired) electrons. The Labute approximate surface area is 109 Å². The Kier molecular flexibility index (Phi) is 4.36. The molecule has 0 aliphatic heterocycles. The van der Waals surface area contributed by atoms with Crippen LogP contribution in [0.1, 0.15) is 32.8 Å². The van der Waals surface area contributed by atoms with Crippen LogP contribution in [-0.2, 0) is 10.0 Å². The van der Waals surface area contributed by atoms with Gasteiger partial charge in [0.1, 0.15) is 0 Å². The zero-order valence-electron chi connectivity index (χ0n) is 10.9. The molecule has 0 atom stereocenters. The number of anilines is 1. The molecular weight excluding hydrogens is 248 g/mol. The van der Waals surface area contributed by atoms with Gasteiger partial charge < -0.3 is 0 Å². The van der Waals surface area contributed by atoms with Gasteiger partial charge in [-0.2, -0.15) is 5.26 Å². The number of rotatable bonds is 4. The Morgan fingerprint density at radius 3 is 2.56 bits per heavy atom. The lowest BCUT2D eigenvalue weighted by molar-refractivity contribution is 0.397. The largest absolute Gasteiger partial charge is 0.284 e. The molecule has 1 N–H and O–H groups in total. The molecule has 0 amide bonds. The average molecular weight is 266 g/mol. The maximum Gasteiger partial charge on any atom is 0.232 e. The molecule has 0 saturated heterocycles. The maximum absolute atomic E-state index is 11.9. The molecule has 0 spiro atoms. The molecule has 98 valence electrons. The highest BCUT2D eigenvalue weighted by Gasteiger charge is 2.17. The van der Waals surface area contributed by atoms with Gasteiger partial charge in [-0.3, -0.25) is 4.72 Å². The average Bonchev–Trinajstić information content (AvgIpc) is 2.25. The Balaban J connectivity index is 2.74.